The third-order valence-corrected chi connectivity index (χ3v) is 4.39. The van der Waals surface area contributed by atoms with Crippen molar-refractivity contribution in [2.75, 3.05) is 5.75 Å². The van der Waals surface area contributed by atoms with Gasteiger partial charge in [0.15, 0.2) is 0 Å². The summed E-state index contributed by atoms with van der Waals surface area (Å²) in [6, 6.07) is 4.67. The number of benzene rings is 1. The summed E-state index contributed by atoms with van der Waals surface area (Å²) in [5.74, 6) is -0.416. The second kappa shape index (κ2) is 4.82. The lowest BCUT2D eigenvalue weighted by molar-refractivity contribution is 0.470. The van der Waals surface area contributed by atoms with Crippen molar-refractivity contribution in [1.29, 1.82) is 0 Å². The van der Waals surface area contributed by atoms with Gasteiger partial charge in [0.25, 0.3) is 10.1 Å². The molecule has 1 aromatic rings. The smallest absolute Gasteiger partial charge is 0.266 e. The van der Waals surface area contributed by atoms with Crippen LogP contribution in [0.25, 0.3) is 0 Å². The lowest BCUT2D eigenvalue weighted by Gasteiger charge is -2.09. The average Bonchev–Trinajstić information content (AvgIpc) is 2.06. The van der Waals surface area contributed by atoms with Crippen LogP contribution < -0.4 is 0 Å². The van der Waals surface area contributed by atoms with Crippen molar-refractivity contribution in [3.05, 3.63) is 28.2 Å². The van der Waals surface area contributed by atoms with Crippen LogP contribution in [0.1, 0.15) is 10.4 Å². The molecule has 0 saturated carbocycles. The molecule has 1 atom stereocenters. The summed E-state index contributed by atoms with van der Waals surface area (Å²) < 4.78 is 30.4. The Morgan fingerprint density at radius 3 is 2.47 bits per heavy atom. The molecule has 0 radical (unpaired) electrons. The average molecular weight is 360 g/mol. The van der Waals surface area contributed by atoms with Gasteiger partial charge < -0.3 is 5.11 Å². The Morgan fingerprint density at radius 1 is 1.40 bits per heavy atom. The van der Waals surface area contributed by atoms with Crippen LogP contribution in [-0.4, -0.2) is 23.8 Å². The molecule has 15 heavy (non-hydrogen) atoms. The third kappa shape index (κ3) is 4.10. The number of aromatic hydroxyl groups is 1. The first-order valence-corrected chi connectivity index (χ1v) is 7.19. The summed E-state index contributed by atoms with van der Waals surface area (Å²) in [5.41, 5.74) is 0.577. The third-order valence-electron chi connectivity index (χ3n) is 1.69. The van der Waals surface area contributed by atoms with Crippen molar-refractivity contribution < 1.29 is 18.1 Å². The maximum Gasteiger partial charge on any atom is 0.266 e. The van der Waals surface area contributed by atoms with Gasteiger partial charge in [-0.1, -0.05) is 22.0 Å². The zero-order valence-corrected chi connectivity index (χ0v) is 11.4. The first-order chi connectivity index (χ1) is 6.79. The summed E-state index contributed by atoms with van der Waals surface area (Å²) in [4.78, 5) is -0.550. The molecule has 0 aliphatic rings. The molecule has 1 aromatic carbocycles. The summed E-state index contributed by atoms with van der Waals surface area (Å²) in [5, 5.41) is 9.37. The Bertz CT molecular complexity index is 458. The zero-order chi connectivity index (χ0) is 11.6. The molecule has 0 aliphatic heterocycles. The van der Waals surface area contributed by atoms with E-state index in [9.17, 15) is 13.5 Å². The second-order valence-electron chi connectivity index (χ2n) is 2.93. The van der Waals surface area contributed by atoms with E-state index in [1.54, 1.807) is 12.1 Å². The van der Waals surface area contributed by atoms with Crippen LogP contribution in [0.5, 0.6) is 5.75 Å². The number of alkyl halides is 1. The number of phenols is 1. The van der Waals surface area contributed by atoms with E-state index in [4.69, 9.17) is 4.55 Å². The van der Waals surface area contributed by atoms with E-state index < -0.39 is 20.7 Å². The maximum atomic E-state index is 10.6. The minimum absolute atomic E-state index is 0.0206. The molecular weight excluding hydrogens is 352 g/mol. The minimum Gasteiger partial charge on any atom is -0.507 e. The first-order valence-electron chi connectivity index (χ1n) is 3.87. The molecule has 7 heteroatoms. The van der Waals surface area contributed by atoms with Gasteiger partial charge in [0.2, 0.25) is 0 Å². The molecule has 0 fully saturated rings. The molecule has 0 bridgehead atoms. The van der Waals surface area contributed by atoms with Crippen LogP contribution in [0.4, 0.5) is 0 Å². The van der Waals surface area contributed by atoms with Crippen molar-refractivity contribution in [3.63, 3.8) is 0 Å². The van der Waals surface area contributed by atoms with Gasteiger partial charge in [-0.05, 0) is 33.6 Å². The van der Waals surface area contributed by atoms with E-state index >= 15 is 0 Å². The molecule has 0 aliphatic carbocycles. The van der Waals surface area contributed by atoms with E-state index in [0.29, 0.717) is 10.0 Å². The van der Waals surface area contributed by atoms with Crippen LogP contribution in [0.15, 0.2) is 22.7 Å². The van der Waals surface area contributed by atoms with E-state index in [2.05, 4.69) is 31.9 Å². The highest BCUT2D eigenvalue weighted by atomic mass is 79.9. The van der Waals surface area contributed by atoms with Gasteiger partial charge in [-0.3, -0.25) is 4.55 Å². The van der Waals surface area contributed by atoms with Gasteiger partial charge in [0.1, 0.15) is 5.75 Å². The molecule has 1 rings (SSSR count). The fraction of sp³-hybridized carbons (Fsp3) is 0.250. The van der Waals surface area contributed by atoms with Crippen LogP contribution in [0.3, 0.4) is 0 Å². The Labute approximate surface area is 104 Å². The number of rotatable bonds is 3. The van der Waals surface area contributed by atoms with Crippen molar-refractivity contribution in [2.45, 2.75) is 4.83 Å². The van der Waals surface area contributed by atoms with Crippen LogP contribution in [-0.2, 0) is 10.1 Å². The zero-order valence-electron chi connectivity index (χ0n) is 7.39. The Kier molecular flexibility index (Phi) is 4.16. The standard InChI is InChI=1S/C8H8Br2O4S/c9-6-2-1-5(3-8(6)11)7(10)4-15(12,13)14/h1-3,7,11H,4H2,(H,12,13,14). The van der Waals surface area contributed by atoms with Gasteiger partial charge >= 0.3 is 0 Å². The predicted octanol–water partition coefficient (Wildman–Crippen LogP) is 2.48. The molecular formula is C8H8Br2O4S. The Hall–Kier alpha value is -0.110. The largest absolute Gasteiger partial charge is 0.507 e. The van der Waals surface area contributed by atoms with Crippen LogP contribution in [0, 0.1) is 0 Å². The highest BCUT2D eigenvalue weighted by Gasteiger charge is 2.16. The molecule has 0 heterocycles. The van der Waals surface area contributed by atoms with Crippen molar-refractivity contribution >= 4 is 42.0 Å². The van der Waals surface area contributed by atoms with E-state index in [1.165, 1.54) is 6.07 Å². The molecule has 0 spiro atoms. The minimum atomic E-state index is -4.03. The molecule has 2 N–H and O–H groups in total. The SMILES string of the molecule is O=S(=O)(O)CC(Br)c1ccc(Br)c(O)c1. The molecule has 4 nitrogen and oxygen atoms in total. The number of phenolic OH excluding ortho intramolecular Hbond substituents is 1. The normalized spacial score (nSPS) is 13.8. The van der Waals surface area contributed by atoms with Crippen molar-refractivity contribution in [2.24, 2.45) is 0 Å². The fourth-order valence-electron chi connectivity index (χ4n) is 1.01. The first kappa shape index (κ1) is 13.0. The number of halogens is 2. The van der Waals surface area contributed by atoms with E-state index in [-0.39, 0.29) is 5.75 Å². The summed E-state index contributed by atoms with van der Waals surface area (Å²) in [6.07, 6.45) is 0. The molecule has 1 unspecified atom stereocenters. The lowest BCUT2D eigenvalue weighted by Crippen LogP contribution is -2.09. The quantitative estimate of drug-likeness (QED) is 0.642. The predicted molar refractivity (Wildman–Crippen MR) is 63.9 cm³/mol. The van der Waals surface area contributed by atoms with Crippen LogP contribution in [0.2, 0.25) is 0 Å². The molecule has 0 amide bonds. The van der Waals surface area contributed by atoms with Gasteiger partial charge in [-0.15, -0.1) is 0 Å². The number of hydrogen-bond donors (Lipinski definition) is 2. The van der Waals surface area contributed by atoms with E-state index in [1.807, 2.05) is 0 Å². The maximum absolute atomic E-state index is 10.6. The molecule has 0 aromatic heterocycles. The van der Waals surface area contributed by atoms with Gasteiger partial charge in [-0.2, -0.15) is 8.42 Å². The van der Waals surface area contributed by atoms with E-state index in [0.717, 1.165) is 0 Å². The summed E-state index contributed by atoms with van der Waals surface area (Å²) in [7, 11) is -4.03. The topological polar surface area (TPSA) is 74.6 Å². The summed E-state index contributed by atoms with van der Waals surface area (Å²) >= 11 is 6.22. The van der Waals surface area contributed by atoms with Gasteiger partial charge in [0, 0.05) is 0 Å². The van der Waals surface area contributed by atoms with Crippen molar-refractivity contribution in [1.82, 2.24) is 0 Å². The Balaban J connectivity index is 2.92. The van der Waals surface area contributed by atoms with Gasteiger partial charge in [-0.25, -0.2) is 0 Å². The number of hydrogen-bond acceptors (Lipinski definition) is 3. The highest BCUT2D eigenvalue weighted by molar-refractivity contribution is 9.10. The molecule has 84 valence electrons. The lowest BCUT2D eigenvalue weighted by atomic mass is 10.2. The molecule has 0 saturated heterocycles. The van der Waals surface area contributed by atoms with Crippen molar-refractivity contribution in [3.8, 4) is 5.75 Å². The fourth-order valence-corrected chi connectivity index (χ4v) is 3.10. The second-order valence-corrected chi connectivity index (χ2v) is 6.38. The Morgan fingerprint density at radius 2 is 2.00 bits per heavy atom. The van der Waals surface area contributed by atoms with Crippen LogP contribution >= 0.6 is 31.9 Å². The highest BCUT2D eigenvalue weighted by Crippen LogP contribution is 2.31. The summed E-state index contributed by atoms with van der Waals surface area (Å²) in [6.45, 7) is 0. The van der Waals surface area contributed by atoms with Gasteiger partial charge in [0.05, 0.1) is 15.1 Å². The monoisotopic (exact) mass is 358 g/mol.